The second-order valence-electron chi connectivity index (χ2n) is 3.82. The molecular formula is C11H19N3OS. The van der Waals surface area contributed by atoms with Crippen molar-refractivity contribution in [3.63, 3.8) is 0 Å². The van der Waals surface area contributed by atoms with Crippen molar-refractivity contribution in [3.05, 3.63) is 16.1 Å². The van der Waals surface area contributed by atoms with Gasteiger partial charge in [-0.25, -0.2) is 4.98 Å². The van der Waals surface area contributed by atoms with E-state index in [1.165, 1.54) is 0 Å². The third-order valence-electron chi connectivity index (χ3n) is 2.15. The van der Waals surface area contributed by atoms with Gasteiger partial charge < -0.3 is 10.6 Å². The summed E-state index contributed by atoms with van der Waals surface area (Å²) in [5.41, 5.74) is 1.01. The molecular weight excluding hydrogens is 222 g/mol. The van der Waals surface area contributed by atoms with E-state index in [1.807, 2.05) is 26.2 Å². The van der Waals surface area contributed by atoms with Gasteiger partial charge in [-0.3, -0.25) is 4.79 Å². The molecule has 0 saturated heterocycles. The van der Waals surface area contributed by atoms with Gasteiger partial charge in [0.15, 0.2) is 0 Å². The molecule has 0 aliphatic rings. The maximum Gasteiger partial charge on any atom is 0.221 e. The smallest absolute Gasteiger partial charge is 0.221 e. The van der Waals surface area contributed by atoms with Gasteiger partial charge in [0.25, 0.3) is 0 Å². The summed E-state index contributed by atoms with van der Waals surface area (Å²) in [5.74, 6) is 0.0707. The van der Waals surface area contributed by atoms with Crippen LogP contribution in [0.3, 0.4) is 0 Å². The molecule has 90 valence electrons. The van der Waals surface area contributed by atoms with Gasteiger partial charge in [0.2, 0.25) is 5.91 Å². The first-order valence-electron chi connectivity index (χ1n) is 5.53. The Balaban J connectivity index is 2.25. The third-order valence-corrected chi connectivity index (χ3v) is 3.11. The quantitative estimate of drug-likeness (QED) is 0.792. The summed E-state index contributed by atoms with van der Waals surface area (Å²) in [6.45, 7) is 7.43. The number of hydrogen-bond donors (Lipinski definition) is 2. The summed E-state index contributed by atoms with van der Waals surface area (Å²) in [6.07, 6.45) is 0.512. The molecule has 0 aromatic carbocycles. The van der Waals surface area contributed by atoms with Crippen LogP contribution in [0.2, 0.25) is 0 Å². The number of amides is 1. The van der Waals surface area contributed by atoms with Crippen molar-refractivity contribution in [2.45, 2.75) is 39.8 Å². The van der Waals surface area contributed by atoms with Crippen LogP contribution in [0.15, 0.2) is 5.38 Å². The fraction of sp³-hybridized carbons (Fsp3) is 0.636. The highest BCUT2D eigenvalue weighted by Crippen LogP contribution is 2.07. The van der Waals surface area contributed by atoms with E-state index in [0.29, 0.717) is 13.0 Å². The molecule has 1 unspecified atom stereocenters. The lowest BCUT2D eigenvalue weighted by Gasteiger charge is -2.11. The minimum atomic E-state index is 0.0707. The minimum absolute atomic E-state index is 0.0707. The Morgan fingerprint density at radius 3 is 2.94 bits per heavy atom. The van der Waals surface area contributed by atoms with E-state index in [0.717, 1.165) is 17.2 Å². The summed E-state index contributed by atoms with van der Waals surface area (Å²) in [4.78, 5) is 15.8. The largest absolute Gasteiger partial charge is 0.350 e. The SMILES string of the molecule is CCNC(C)CC(=O)NCc1nc(C)cs1. The number of thiazole rings is 1. The Bertz CT molecular complexity index is 338. The minimum Gasteiger partial charge on any atom is -0.350 e. The maximum absolute atomic E-state index is 11.5. The van der Waals surface area contributed by atoms with Crippen molar-refractivity contribution < 1.29 is 4.79 Å². The molecule has 4 nitrogen and oxygen atoms in total. The van der Waals surface area contributed by atoms with Crippen molar-refractivity contribution in [2.75, 3.05) is 6.54 Å². The first kappa shape index (κ1) is 13.1. The van der Waals surface area contributed by atoms with E-state index < -0.39 is 0 Å². The van der Waals surface area contributed by atoms with Gasteiger partial charge in [0.1, 0.15) is 5.01 Å². The highest BCUT2D eigenvalue weighted by molar-refractivity contribution is 7.09. The van der Waals surface area contributed by atoms with E-state index in [9.17, 15) is 4.79 Å². The van der Waals surface area contributed by atoms with Crippen LogP contribution in [0.5, 0.6) is 0 Å². The summed E-state index contributed by atoms with van der Waals surface area (Å²) < 4.78 is 0. The summed E-state index contributed by atoms with van der Waals surface area (Å²) in [6, 6.07) is 0.225. The molecule has 5 heteroatoms. The lowest BCUT2D eigenvalue weighted by atomic mass is 10.2. The second-order valence-corrected chi connectivity index (χ2v) is 4.76. The standard InChI is InChI=1S/C11H19N3OS/c1-4-12-8(2)5-10(15)13-6-11-14-9(3)7-16-11/h7-8,12H,4-6H2,1-3H3,(H,13,15). The van der Waals surface area contributed by atoms with Crippen LogP contribution in [-0.2, 0) is 11.3 Å². The van der Waals surface area contributed by atoms with Crippen LogP contribution >= 0.6 is 11.3 Å². The molecule has 0 aliphatic carbocycles. The maximum atomic E-state index is 11.5. The lowest BCUT2D eigenvalue weighted by molar-refractivity contribution is -0.121. The van der Waals surface area contributed by atoms with E-state index in [-0.39, 0.29) is 11.9 Å². The van der Waals surface area contributed by atoms with Gasteiger partial charge >= 0.3 is 0 Å². The molecule has 0 aliphatic heterocycles. The van der Waals surface area contributed by atoms with Gasteiger partial charge in [-0.1, -0.05) is 6.92 Å². The summed E-state index contributed by atoms with van der Waals surface area (Å²) >= 11 is 1.58. The lowest BCUT2D eigenvalue weighted by Crippen LogP contribution is -2.33. The van der Waals surface area contributed by atoms with Gasteiger partial charge in [-0.05, 0) is 20.4 Å². The highest BCUT2D eigenvalue weighted by Gasteiger charge is 2.08. The van der Waals surface area contributed by atoms with E-state index in [4.69, 9.17) is 0 Å². The van der Waals surface area contributed by atoms with Crippen molar-refractivity contribution >= 4 is 17.2 Å². The summed E-state index contributed by atoms with van der Waals surface area (Å²) in [5, 5.41) is 9.02. The molecule has 0 saturated carbocycles. The Morgan fingerprint density at radius 2 is 2.38 bits per heavy atom. The first-order valence-corrected chi connectivity index (χ1v) is 6.41. The first-order chi connectivity index (χ1) is 7.61. The average Bonchev–Trinajstić information content (AvgIpc) is 2.61. The number of aryl methyl sites for hydroxylation is 1. The van der Waals surface area contributed by atoms with Crippen molar-refractivity contribution in [1.82, 2.24) is 15.6 Å². The molecule has 0 radical (unpaired) electrons. The molecule has 0 spiro atoms. The van der Waals surface area contributed by atoms with E-state index in [2.05, 4.69) is 15.6 Å². The average molecular weight is 241 g/mol. The molecule has 0 fully saturated rings. The zero-order valence-electron chi connectivity index (χ0n) is 10.0. The normalized spacial score (nSPS) is 12.4. The zero-order chi connectivity index (χ0) is 12.0. The Morgan fingerprint density at radius 1 is 1.62 bits per heavy atom. The Labute approximate surface area is 100 Å². The third kappa shape index (κ3) is 4.72. The van der Waals surface area contributed by atoms with E-state index >= 15 is 0 Å². The second kappa shape index (κ2) is 6.60. The van der Waals surface area contributed by atoms with Crippen molar-refractivity contribution in [3.8, 4) is 0 Å². The molecule has 0 bridgehead atoms. The number of carbonyl (C=O) groups excluding carboxylic acids is 1. The fourth-order valence-electron chi connectivity index (χ4n) is 1.43. The Hall–Kier alpha value is -0.940. The molecule has 1 aromatic heterocycles. The Kier molecular flexibility index (Phi) is 5.42. The number of hydrogen-bond acceptors (Lipinski definition) is 4. The van der Waals surface area contributed by atoms with Gasteiger partial charge in [-0.15, -0.1) is 11.3 Å². The van der Waals surface area contributed by atoms with Crippen LogP contribution in [0, 0.1) is 6.92 Å². The monoisotopic (exact) mass is 241 g/mol. The van der Waals surface area contributed by atoms with E-state index in [1.54, 1.807) is 11.3 Å². The zero-order valence-corrected chi connectivity index (χ0v) is 10.9. The van der Waals surface area contributed by atoms with Gasteiger partial charge in [0, 0.05) is 23.5 Å². The molecule has 1 heterocycles. The predicted molar refractivity (Wildman–Crippen MR) is 66.5 cm³/mol. The fourth-order valence-corrected chi connectivity index (χ4v) is 2.14. The molecule has 1 atom stereocenters. The van der Waals surface area contributed by atoms with Crippen LogP contribution in [0.1, 0.15) is 31.0 Å². The molecule has 1 rings (SSSR count). The number of rotatable bonds is 6. The highest BCUT2D eigenvalue weighted by atomic mass is 32.1. The number of nitrogens with zero attached hydrogens (tertiary/aromatic N) is 1. The summed E-state index contributed by atoms with van der Waals surface area (Å²) in [7, 11) is 0. The molecule has 2 N–H and O–H groups in total. The predicted octanol–water partition coefficient (Wildman–Crippen LogP) is 1.46. The van der Waals surface area contributed by atoms with Gasteiger partial charge in [0.05, 0.1) is 6.54 Å². The number of nitrogens with one attached hydrogen (secondary N) is 2. The van der Waals surface area contributed by atoms with Crippen molar-refractivity contribution in [1.29, 1.82) is 0 Å². The van der Waals surface area contributed by atoms with Crippen LogP contribution in [-0.4, -0.2) is 23.5 Å². The number of aromatic nitrogens is 1. The molecule has 16 heavy (non-hydrogen) atoms. The van der Waals surface area contributed by atoms with Gasteiger partial charge in [-0.2, -0.15) is 0 Å². The van der Waals surface area contributed by atoms with Crippen LogP contribution in [0.25, 0.3) is 0 Å². The molecule has 1 aromatic rings. The number of carbonyl (C=O) groups is 1. The van der Waals surface area contributed by atoms with Crippen LogP contribution < -0.4 is 10.6 Å². The molecule has 1 amide bonds. The van der Waals surface area contributed by atoms with Crippen molar-refractivity contribution in [2.24, 2.45) is 0 Å². The topological polar surface area (TPSA) is 54.0 Å². The van der Waals surface area contributed by atoms with Crippen LogP contribution in [0.4, 0.5) is 0 Å².